The first-order chi connectivity index (χ1) is 9.51. The van der Waals surface area contributed by atoms with Gasteiger partial charge in [0.15, 0.2) is 0 Å². The van der Waals surface area contributed by atoms with Crippen LogP contribution in [0.15, 0.2) is 24.3 Å². The maximum absolute atomic E-state index is 12.2. The molecule has 1 aromatic heterocycles. The second-order valence-corrected chi connectivity index (χ2v) is 4.40. The Hall–Kier alpha value is -2.63. The van der Waals surface area contributed by atoms with Crippen LogP contribution in [0.25, 0.3) is 0 Å². The van der Waals surface area contributed by atoms with E-state index in [1.54, 1.807) is 38.1 Å². The molecule has 0 spiro atoms. The Kier molecular flexibility index (Phi) is 3.84. The molecule has 2 rings (SSSR count). The van der Waals surface area contributed by atoms with E-state index in [9.17, 15) is 4.79 Å². The van der Waals surface area contributed by atoms with Gasteiger partial charge in [-0.25, -0.2) is 0 Å². The Morgan fingerprint density at radius 1 is 1.25 bits per heavy atom. The molecule has 104 valence electrons. The lowest BCUT2D eigenvalue weighted by molar-refractivity contribution is 0.102. The molecule has 0 atom stereocenters. The zero-order valence-electron chi connectivity index (χ0n) is 11.6. The number of benzene rings is 1. The SMILES string of the molecule is COc1cc(NC(=O)c2cc(C)nnc2C)ccc1N. The van der Waals surface area contributed by atoms with Crippen LogP contribution in [0.4, 0.5) is 11.4 Å². The molecule has 6 heteroatoms. The van der Waals surface area contributed by atoms with E-state index in [-0.39, 0.29) is 5.91 Å². The van der Waals surface area contributed by atoms with Crippen molar-refractivity contribution in [3.63, 3.8) is 0 Å². The number of hydrogen-bond donors (Lipinski definition) is 2. The summed E-state index contributed by atoms with van der Waals surface area (Å²) in [6.07, 6.45) is 0. The molecule has 1 aromatic carbocycles. The van der Waals surface area contributed by atoms with Gasteiger partial charge < -0.3 is 15.8 Å². The predicted octanol–water partition coefficient (Wildman–Crippen LogP) is 1.94. The molecule has 1 heterocycles. The zero-order valence-corrected chi connectivity index (χ0v) is 11.6. The number of ether oxygens (including phenoxy) is 1. The van der Waals surface area contributed by atoms with Crippen molar-refractivity contribution in [3.8, 4) is 5.75 Å². The summed E-state index contributed by atoms with van der Waals surface area (Å²) in [5.74, 6) is 0.274. The summed E-state index contributed by atoms with van der Waals surface area (Å²) < 4.78 is 5.12. The number of aryl methyl sites for hydroxylation is 2. The predicted molar refractivity (Wildman–Crippen MR) is 76.9 cm³/mol. The van der Waals surface area contributed by atoms with Crippen LogP contribution in [-0.4, -0.2) is 23.2 Å². The molecule has 0 aliphatic rings. The zero-order chi connectivity index (χ0) is 14.7. The number of nitrogen functional groups attached to an aromatic ring is 1. The lowest BCUT2D eigenvalue weighted by Gasteiger charge is -2.10. The van der Waals surface area contributed by atoms with Crippen LogP contribution in [0.1, 0.15) is 21.7 Å². The molecular weight excluding hydrogens is 256 g/mol. The van der Waals surface area contributed by atoms with Crippen molar-refractivity contribution in [2.45, 2.75) is 13.8 Å². The van der Waals surface area contributed by atoms with E-state index in [1.807, 2.05) is 0 Å². The van der Waals surface area contributed by atoms with Gasteiger partial charge in [-0.15, -0.1) is 0 Å². The van der Waals surface area contributed by atoms with Crippen molar-refractivity contribution in [1.82, 2.24) is 10.2 Å². The number of carbonyl (C=O) groups is 1. The normalized spacial score (nSPS) is 10.2. The molecule has 0 fully saturated rings. The highest BCUT2D eigenvalue weighted by atomic mass is 16.5. The van der Waals surface area contributed by atoms with Gasteiger partial charge in [-0.2, -0.15) is 10.2 Å². The van der Waals surface area contributed by atoms with Crippen LogP contribution in [0, 0.1) is 13.8 Å². The van der Waals surface area contributed by atoms with Gasteiger partial charge in [-0.05, 0) is 32.0 Å². The average Bonchev–Trinajstić information content (AvgIpc) is 2.43. The van der Waals surface area contributed by atoms with E-state index in [2.05, 4.69) is 15.5 Å². The molecule has 20 heavy (non-hydrogen) atoms. The highest BCUT2D eigenvalue weighted by molar-refractivity contribution is 6.05. The number of rotatable bonds is 3. The Morgan fingerprint density at radius 2 is 2.00 bits per heavy atom. The lowest BCUT2D eigenvalue weighted by atomic mass is 10.1. The minimum atomic E-state index is -0.243. The number of hydrogen-bond acceptors (Lipinski definition) is 5. The van der Waals surface area contributed by atoms with Crippen molar-refractivity contribution >= 4 is 17.3 Å². The Morgan fingerprint density at radius 3 is 2.70 bits per heavy atom. The van der Waals surface area contributed by atoms with Crippen molar-refractivity contribution < 1.29 is 9.53 Å². The summed E-state index contributed by atoms with van der Waals surface area (Å²) in [5.41, 5.74) is 8.62. The van der Waals surface area contributed by atoms with Crippen LogP contribution in [0.2, 0.25) is 0 Å². The third-order valence-corrected chi connectivity index (χ3v) is 2.84. The maximum atomic E-state index is 12.2. The summed E-state index contributed by atoms with van der Waals surface area (Å²) in [6, 6.07) is 6.76. The topological polar surface area (TPSA) is 90.1 Å². The van der Waals surface area contributed by atoms with E-state index in [0.29, 0.717) is 34.1 Å². The van der Waals surface area contributed by atoms with Gasteiger partial charge in [0.25, 0.3) is 5.91 Å². The Labute approximate surface area is 117 Å². The summed E-state index contributed by atoms with van der Waals surface area (Å²) in [7, 11) is 1.53. The summed E-state index contributed by atoms with van der Waals surface area (Å²) in [4.78, 5) is 12.2. The average molecular weight is 272 g/mol. The molecule has 0 radical (unpaired) electrons. The fourth-order valence-electron chi connectivity index (χ4n) is 1.77. The lowest BCUT2D eigenvalue weighted by Crippen LogP contribution is -2.15. The molecule has 0 aliphatic carbocycles. The van der Waals surface area contributed by atoms with Crippen LogP contribution in [0.5, 0.6) is 5.75 Å². The van der Waals surface area contributed by atoms with Crippen LogP contribution in [0.3, 0.4) is 0 Å². The van der Waals surface area contributed by atoms with Crippen LogP contribution in [-0.2, 0) is 0 Å². The largest absolute Gasteiger partial charge is 0.495 e. The molecule has 0 saturated carbocycles. The highest BCUT2D eigenvalue weighted by Gasteiger charge is 2.12. The minimum absolute atomic E-state index is 0.243. The number of nitrogens with two attached hydrogens (primary N) is 1. The standard InChI is InChI=1S/C14H16N4O2/c1-8-6-11(9(2)18-17-8)14(19)16-10-4-5-12(15)13(7-10)20-3/h4-7H,15H2,1-3H3,(H,16,19). The molecule has 6 nitrogen and oxygen atoms in total. The molecule has 0 unspecified atom stereocenters. The smallest absolute Gasteiger partial charge is 0.257 e. The highest BCUT2D eigenvalue weighted by Crippen LogP contribution is 2.25. The minimum Gasteiger partial charge on any atom is -0.495 e. The van der Waals surface area contributed by atoms with Crippen LogP contribution < -0.4 is 15.8 Å². The molecule has 2 aromatic rings. The van der Waals surface area contributed by atoms with Gasteiger partial charge in [0.05, 0.1) is 29.7 Å². The molecule has 0 aliphatic heterocycles. The molecule has 3 N–H and O–H groups in total. The molecule has 0 saturated heterocycles. The molecule has 0 bridgehead atoms. The van der Waals surface area contributed by atoms with E-state index < -0.39 is 0 Å². The van der Waals surface area contributed by atoms with Gasteiger partial charge in [0.1, 0.15) is 5.75 Å². The third-order valence-electron chi connectivity index (χ3n) is 2.84. The molecular formula is C14H16N4O2. The van der Waals surface area contributed by atoms with Crippen molar-refractivity contribution in [2.24, 2.45) is 0 Å². The van der Waals surface area contributed by atoms with Crippen molar-refractivity contribution in [3.05, 3.63) is 41.2 Å². The van der Waals surface area contributed by atoms with Gasteiger partial charge in [0.2, 0.25) is 0 Å². The number of nitrogens with zero attached hydrogens (tertiary/aromatic N) is 2. The van der Waals surface area contributed by atoms with E-state index >= 15 is 0 Å². The van der Waals surface area contributed by atoms with E-state index in [4.69, 9.17) is 10.5 Å². The van der Waals surface area contributed by atoms with Crippen molar-refractivity contribution in [1.29, 1.82) is 0 Å². The van der Waals surface area contributed by atoms with Crippen molar-refractivity contribution in [2.75, 3.05) is 18.2 Å². The first-order valence-electron chi connectivity index (χ1n) is 6.07. The van der Waals surface area contributed by atoms with Gasteiger partial charge in [-0.1, -0.05) is 0 Å². The number of amides is 1. The monoisotopic (exact) mass is 272 g/mol. The number of carbonyl (C=O) groups excluding carboxylic acids is 1. The Bertz CT molecular complexity index is 656. The van der Waals surface area contributed by atoms with E-state index in [0.717, 1.165) is 0 Å². The number of anilines is 2. The fourth-order valence-corrected chi connectivity index (χ4v) is 1.77. The number of nitrogens with one attached hydrogen (secondary N) is 1. The van der Waals surface area contributed by atoms with Gasteiger partial charge in [-0.3, -0.25) is 4.79 Å². The Balaban J connectivity index is 2.25. The quantitative estimate of drug-likeness (QED) is 0.833. The fraction of sp³-hybridized carbons (Fsp3) is 0.214. The second-order valence-electron chi connectivity index (χ2n) is 4.40. The van der Waals surface area contributed by atoms with Gasteiger partial charge in [0, 0.05) is 11.8 Å². The summed E-state index contributed by atoms with van der Waals surface area (Å²) >= 11 is 0. The number of aromatic nitrogens is 2. The summed E-state index contributed by atoms with van der Waals surface area (Å²) in [6.45, 7) is 3.53. The maximum Gasteiger partial charge on any atom is 0.257 e. The number of methoxy groups -OCH3 is 1. The molecule has 1 amide bonds. The third kappa shape index (κ3) is 2.85. The second kappa shape index (κ2) is 5.56. The van der Waals surface area contributed by atoms with Crippen LogP contribution >= 0.6 is 0 Å². The van der Waals surface area contributed by atoms with Gasteiger partial charge >= 0.3 is 0 Å². The first-order valence-corrected chi connectivity index (χ1v) is 6.07. The first kappa shape index (κ1) is 13.8. The van der Waals surface area contributed by atoms with E-state index in [1.165, 1.54) is 7.11 Å². The summed E-state index contributed by atoms with van der Waals surface area (Å²) in [5, 5.41) is 10.6.